The Bertz CT molecular complexity index is 897. The van der Waals surface area contributed by atoms with Crippen molar-refractivity contribution in [1.29, 1.82) is 0 Å². The molecule has 1 fully saturated rings. The molecule has 1 aliphatic rings. The highest BCUT2D eigenvalue weighted by Crippen LogP contribution is 2.38. The van der Waals surface area contributed by atoms with Crippen LogP contribution in [0.5, 0.6) is 0 Å². The largest absolute Gasteiger partial charge is 0.452 e. The molecule has 1 aliphatic carbocycles. The summed E-state index contributed by atoms with van der Waals surface area (Å²) >= 11 is 0. The van der Waals surface area contributed by atoms with E-state index in [0.29, 0.717) is 18.0 Å². The van der Waals surface area contributed by atoms with E-state index in [2.05, 4.69) is 16.8 Å². The molecule has 1 heterocycles. The molecule has 148 valence electrons. The minimum Gasteiger partial charge on any atom is -0.452 e. The second kappa shape index (κ2) is 8.87. The predicted octanol–water partition coefficient (Wildman–Crippen LogP) is 3.49. The van der Waals surface area contributed by atoms with E-state index in [1.165, 1.54) is 30.7 Å². The Morgan fingerprint density at radius 2 is 2.04 bits per heavy atom. The Labute approximate surface area is 164 Å². The number of rotatable bonds is 8. The molecule has 1 saturated carbocycles. The monoisotopic (exact) mass is 384 g/mol. The van der Waals surface area contributed by atoms with Crippen molar-refractivity contribution in [3.63, 3.8) is 0 Å². The van der Waals surface area contributed by atoms with Gasteiger partial charge in [0.2, 0.25) is 0 Å². The number of nitrogens with one attached hydrogen (secondary N) is 1. The van der Waals surface area contributed by atoms with Gasteiger partial charge in [0.15, 0.2) is 6.61 Å². The Kier molecular flexibility index (Phi) is 6.29. The third kappa shape index (κ3) is 5.09. The molecule has 0 spiro atoms. The Hall–Kier alpha value is -2.89. The third-order valence-corrected chi connectivity index (χ3v) is 4.85. The van der Waals surface area contributed by atoms with Crippen LogP contribution in [-0.4, -0.2) is 29.6 Å². The van der Waals surface area contributed by atoms with Crippen LogP contribution < -0.4 is 5.32 Å². The number of amides is 1. The number of carbonyl (C=O) groups is 2. The molecule has 6 heteroatoms. The first-order valence-corrected chi connectivity index (χ1v) is 9.49. The summed E-state index contributed by atoms with van der Waals surface area (Å²) in [6.45, 7) is 4.02. The number of aromatic nitrogens is 1. The van der Waals surface area contributed by atoms with Gasteiger partial charge in [-0.2, -0.15) is 0 Å². The Morgan fingerprint density at radius 3 is 2.75 bits per heavy atom. The molecule has 1 amide bonds. The molecule has 3 rings (SSSR count). The van der Waals surface area contributed by atoms with Crippen LogP contribution in [0.3, 0.4) is 0 Å². The van der Waals surface area contributed by atoms with E-state index in [-0.39, 0.29) is 19.0 Å². The number of hydrogen-bond acceptors (Lipinski definition) is 3. The van der Waals surface area contributed by atoms with Gasteiger partial charge >= 0.3 is 5.97 Å². The maximum atomic E-state index is 13.5. The smallest absolute Gasteiger partial charge is 0.331 e. The average Bonchev–Trinajstić information content (AvgIpc) is 3.45. The molecule has 0 saturated heterocycles. The van der Waals surface area contributed by atoms with Crippen molar-refractivity contribution in [2.45, 2.75) is 39.2 Å². The summed E-state index contributed by atoms with van der Waals surface area (Å²) in [5, 5.41) is 2.62. The highest BCUT2D eigenvalue weighted by molar-refractivity contribution is 5.89. The van der Waals surface area contributed by atoms with E-state index in [9.17, 15) is 14.0 Å². The van der Waals surface area contributed by atoms with Crippen LogP contribution in [0.4, 0.5) is 4.39 Å². The van der Waals surface area contributed by atoms with Crippen molar-refractivity contribution in [3.8, 4) is 0 Å². The number of hydrogen-bond donors (Lipinski definition) is 1. The lowest BCUT2D eigenvalue weighted by molar-refractivity contribution is -0.143. The SMILES string of the molecule is Cc1cc(/C=C/C(=O)OCC(=O)NCCc2ccccc2F)c(C)n1C1CC1. The Balaban J connectivity index is 1.41. The van der Waals surface area contributed by atoms with E-state index in [1.54, 1.807) is 24.3 Å². The summed E-state index contributed by atoms with van der Waals surface area (Å²) in [4.78, 5) is 23.6. The lowest BCUT2D eigenvalue weighted by atomic mass is 10.1. The first-order valence-electron chi connectivity index (χ1n) is 9.49. The lowest BCUT2D eigenvalue weighted by Crippen LogP contribution is -2.30. The van der Waals surface area contributed by atoms with Gasteiger partial charge in [0, 0.05) is 30.1 Å². The first kappa shape index (κ1) is 19.9. The zero-order valence-electron chi connectivity index (χ0n) is 16.2. The maximum Gasteiger partial charge on any atom is 0.331 e. The van der Waals surface area contributed by atoms with E-state index in [1.807, 2.05) is 13.0 Å². The molecule has 0 bridgehead atoms. The predicted molar refractivity (Wildman–Crippen MR) is 105 cm³/mol. The third-order valence-electron chi connectivity index (χ3n) is 4.85. The summed E-state index contributed by atoms with van der Waals surface area (Å²) in [6, 6.07) is 9.05. The van der Waals surface area contributed by atoms with Crippen LogP contribution >= 0.6 is 0 Å². The summed E-state index contributed by atoms with van der Waals surface area (Å²) in [5.41, 5.74) is 3.83. The zero-order chi connectivity index (χ0) is 20.1. The van der Waals surface area contributed by atoms with E-state index in [0.717, 1.165) is 11.3 Å². The van der Waals surface area contributed by atoms with Crippen LogP contribution in [-0.2, 0) is 20.7 Å². The van der Waals surface area contributed by atoms with Crippen molar-refractivity contribution in [1.82, 2.24) is 9.88 Å². The molecule has 5 nitrogen and oxygen atoms in total. The van der Waals surface area contributed by atoms with Crippen LogP contribution in [0.2, 0.25) is 0 Å². The molecule has 0 radical (unpaired) electrons. The minimum absolute atomic E-state index is 0.278. The number of halogens is 1. The molecule has 1 aromatic heterocycles. The number of carbonyl (C=O) groups excluding carboxylic acids is 2. The zero-order valence-corrected chi connectivity index (χ0v) is 16.2. The number of esters is 1. The van der Waals surface area contributed by atoms with Crippen LogP contribution in [0.1, 0.15) is 41.4 Å². The van der Waals surface area contributed by atoms with Gasteiger partial charge in [-0.05, 0) is 62.4 Å². The standard InChI is InChI=1S/C22H25FN2O3/c1-15-13-18(16(2)25(15)19-8-9-19)7-10-22(27)28-14-21(26)24-12-11-17-5-3-4-6-20(17)23/h3-7,10,13,19H,8-9,11-12,14H2,1-2H3,(H,24,26)/b10-7+. The molecule has 28 heavy (non-hydrogen) atoms. The fourth-order valence-corrected chi connectivity index (χ4v) is 3.30. The molecule has 2 aromatic rings. The minimum atomic E-state index is -0.569. The normalized spacial score (nSPS) is 13.7. The van der Waals surface area contributed by atoms with Crippen molar-refractivity contribution >= 4 is 18.0 Å². The number of ether oxygens (including phenoxy) is 1. The number of nitrogens with zero attached hydrogens (tertiary/aromatic N) is 1. The van der Waals surface area contributed by atoms with Gasteiger partial charge in [-0.15, -0.1) is 0 Å². The maximum absolute atomic E-state index is 13.5. The van der Waals surface area contributed by atoms with Gasteiger partial charge in [0.25, 0.3) is 5.91 Å². The average molecular weight is 384 g/mol. The van der Waals surface area contributed by atoms with Gasteiger partial charge < -0.3 is 14.6 Å². The van der Waals surface area contributed by atoms with Crippen molar-refractivity contribution in [2.75, 3.05) is 13.2 Å². The molecular weight excluding hydrogens is 359 g/mol. The first-order chi connectivity index (χ1) is 13.5. The van der Waals surface area contributed by atoms with Crippen LogP contribution in [0.25, 0.3) is 6.08 Å². The molecular formula is C22H25FN2O3. The fraction of sp³-hybridized carbons (Fsp3) is 0.364. The Morgan fingerprint density at radius 1 is 1.29 bits per heavy atom. The second-order valence-electron chi connectivity index (χ2n) is 7.06. The topological polar surface area (TPSA) is 60.3 Å². The van der Waals surface area contributed by atoms with Crippen LogP contribution in [0.15, 0.2) is 36.4 Å². The van der Waals surface area contributed by atoms with Crippen LogP contribution in [0, 0.1) is 19.7 Å². The van der Waals surface area contributed by atoms with Gasteiger partial charge in [0.05, 0.1) is 0 Å². The summed E-state index contributed by atoms with van der Waals surface area (Å²) in [7, 11) is 0. The second-order valence-corrected chi connectivity index (χ2v) is 7.06. The highest BCUT2D eigenvalue weighted by atomic mass is 19.1. The molecule has 0 aliphatic heterocycles. The van der Waals surface area contributed by atoms with Crippen molar-refractivity contribution in [2.24, 2.45) is 0 Å². The summed E-state index contributed by atoms with van der Waals surface area (Å²) < 4.78 is 20.8. The quantitative estimate of drug-likeness (QED) is 0.560. The van der Waals surface area contributed by atoms with Gasteiger partial charge in [-0.1, -0.05) is 18.2 Å². The molecule has 0 unspecified atom stereocenters. The molecule has 0 atom stereocenters. The number of benzene rings is 1. The number of aryl methyl sites for hydroxylation is 1. The fourth-order valence-electron chi connectivity index (χ4n) is 3.30. The van der Waals surface area contributed by atoms with Gasteiger partial charge in [-0.3, -0.25) is 4.79 Å². The summed E-state index contributed by atoms with van der Waals surface area (Å²) in [6.07, 6.45) is 5.84. The highest BCUT2D eigenvalue weighted by Gasteiger charge is 2.26. The van der Waals surface area contributed by atoms with Crippen molar-refractivity contribution < 1.29 is 18.7 Å². The van der Waals surface area contributed by atoms with E-state index >= 15 is 0 Å². The molecule has 1 aromatic carbocycles. The van der Waals surface area contributed by atoms with Crippen molar-refractivity contribution in [3.05, 3.63) is 64.7 Å². The lowest BCUT2D eigenvalue weighted by Gasteiger charge is -2.07. The molecule has 1 N–H and O–H groups in total. The van der Waals surface area contributed by atoms with Gasteiger partial charge in [-0.25, -0.2) is 9.18 Å². The van der Waals surface area contributed by atoms with Gasteiger partial charge in [0.1, 0.15) is 5.82 Å². The van der Waals surface area contributed by atoms with E-state index in [4.69, 9.17) is 4.74 Å². The summed E-state index contributed by atoms with van der Waals surface area (Å²) in [5.74, 6) is -1.28. The van der Waals surface area contributed by atoms with E-state index < -0.39 is 11.9 Å².